The van der Waals surface area contributed by atoms with Gasteiger partial charge >= 0.3 is 0 Å². The molecule has 0 fully saturated rings. The largest absolute Gasteiger partial charge is 0.303 e. The van der Waals surface area contributed by atoms with E-state index in [1.807, 2.05) is 0 Å². The minimum atomic E-state index is 0.111. The van der Waals surface area contributed by atoms with Gasteiger partial charge in [-0.2, -0.15) is 0 Å². The molecule has 0 amide bonds. The Bertz CT molecular complexity index is 110. The van der Waals surface area contributed by atoms with Crippen molar-refractivity contribution in [1.82, 2.24) is 0 Å². The summed E-state index contributed by atoms with van der Waals surface area (Å²) in [4.78, 5) is 20.4. The highest BCUT2D eigenvalue weighted by atomic mass is 16.1. The minimum Gasteiger partial charge on any atom is -0.303 e. The lowest BCUT2D eigenvalue weighted by Crippen LogP contribution is -2.01. The number of rotatable bonds is 7. The summed E-state index contributed by atoms with van der Waals surface area (Å²) in [6.07, 6.45) is 6.24. The summed E-state index contributed by atoms with van der Waals surface area (Å²) in [5.74, 6) is 0.111. The van der Waals surface area contributed by atoms with Crippen molar-refractivity contribution >= 4 is 12.6 Å². The molecule has 0 N–H and O–H groups in total. The number of carbonyl (C=O) groups is 2. The predicted molar refractivity (Wildman–Crippen MR) is 44.4 cm³/mol. The quantitative estimate of drug-likeness (QED) is 0.528. The van der Waals surface area contributed by atoms with Gasteiger partial charge in [-0.1, -0.05) is 19.8 Å². The van der Waals surface area contributed by atoms with Crippen molar-refractivity contribution in [2.24, 2.45) is 5.92 Å². The van der Waals surface area contributed by atoms with Crippen molar-refractivity contribution in [3.05, 3.63) is 0 Å². The van der Waals surface area contributed by atoms with E-state index in [1.165, 1.54) is 0 Å². The average molecular weight is 156 g/mol. The van der Waals surface area contributed by atoms with E-state index < -0.39 is 0 Å². The molecule has 0 saturated carbocycles. The zero-order chi connectivity index (χ0) is 8.53. The first-order valence-corrected chi connectivity index (χ1v) is 4.24. The third-order valence-corrected chi connectivity index (χ3v) is 1.78. The molecule has 0 heterocycles. The van der Waals surface area contributed by atoms with Crippen molar-refractivity contribution in [1.29, 1.82) is 0 Å². The molecule has 2 nitrogen and oxygen atoms in total. The van der Waals surface area contributed by atoms with Crippen molar-refractivity contribution in [3.8, 4) is 0 Å². The summed E-state index contributed by atoms with van der Waals surface area (Å²) in [5, 5.41) is 0. The zero-order valence-electron chi connectivity index (χ0n) is 7.08. The first-order valence-electron chi connectivity index (χ1n) is 4.24. The van der Waals surface area contributed by atoms with Crippen LogP contribution in [0.4, 0.5) is 0 Å². The van der Waals surface area contributed by atoms with Crippen LogP contribution < -0.4 is 0 Å². The van der Waals surface area contributed by atoms with Gasteiger partial charge in [0.1, 0.15) is 12.6 Å². The Morgan fingerprint density at radius 3 is 2.45 bits per heavy atom. The van der Waals surface area contributed by atoms with Crippen LogP contribution in [-0.2, 0) is 9.59 Å². The zero-order valence-corrected chi connectivity index (χ0v) is 7.08. The van der Waals surface area contributed by atoms with Crippen molar-refractivity contribution < 1.29 is 9.59 Å². The standard InChI is InChI=1S/C9H16O2/c1-2-3-5-9(8-11)6-4-7-10/h7-9H,2-6H2,1H3. The highest BCUT2D eigenvalue weighted by Crippen LogP contribution is 2.11. The Hall–Kier alpha value is -0.660. The van der Waals surface area contributed by atoms with Gasteiger partial charge in [0.15, 0.2) is 0 Å². The van der Waals surface area contributed by atoms with E-state index in [0.29, 0.717) is 6.42 Å². The van der Waals surface area contributed by atoms with E-state index in [9.17, 15) is 9.59 Å². The molecular weight excluding hydrogens is 140 g/mol. The topological polar surface area (TPSA) is 34.1 Å². The summed E-state index contributed by atoms with van der Waals surface area (Å²) in [6, 6.07) is 0. The van der Waals surface area contributed by atoms with Crippen molar-refractivity contribution in [2.75, 3.05) is 0 Å². The first kappa shape index (κ1) is 10.3. The van der Waals surface area contributed by atoms with Crippen LogP contribution >= 0.6 is 0 Å². The Morgan fingerprint density at radius 2 is 2.00 bits per heavy atom. The minimum absolute atomic E-state index is 0.111. The fourth-order valence-electron chi connectivity index (χ4n) is 1.03. The second-order valence-corrected chi connectivity index (χ2v) is 2.78. The Kier molecular flexibility index (Phi) is 7.00. The van der Waals surface area contributed by atoms with Crippen LogP contribution in [0.15, 0.2) is 0 Å². The lowest BCUT2D eigenvalue weighted by molar-refractivity contribution is -0.112. The van der Waals surface area contributed by atoms with E-state index in [1.54, 1.807) is 0 Å². The van der Waals surface area contributed by atoms with Gasteiger partial charge in [0, 0.05) is 12.3 Å². The van der Waals surface area contributed by atoms with Gasteiger partial charge in [0.25, 0.3) is 0 Å². The average Bonchev–Trinajstić information content (AvgIpc) is 2.05. The van der Waals surface area contributed by atoms with Gasteiger partial charge in [0.2, 0.25) is 0 Å². The highest BCUT2D eigenvalue weighted by Gasteiger charge is 2.04. The predicted octanol–water partition coefficient (Wildman–Crippen LogP) is 1.97. The lowest BCUT2D eigenvalue weighted by atomic mass is 9.99. The van der Waals surface area contributed by atoms with Crippen LogP contribution in [0.3, 0.4) is 0 Å². The summed E-state index contributed by atoms with van der Waals surface area (Å²) >= 11 is 0. The molecule has 0 aromatic rings. The monoisotopic (exact) mass is 156 g/mol. The summed E-state index contributed by atoms with van der Waals surface area (Å²) in [7, 11) is 0. The van der Waals surface area contributed by atoms with Crippen LogP contribution in [0.5, 0.6) is 0 Å². The van der Waals surface area contributed by atoms with E-state index in [2.05, 4.69) is 6.92 Å². The van der Waals surface area contributed by atoms with Gasteiger partial charge in [-0.15, -0.1) is 0 Å². The van der Waals surface area contributed by atoms with Gasteiger partial charge in [-0.05, 0) is 12.8 Å². The molecule has 0 bridgehead atoms. The van der Waals surface area contributed by atoms with Gasteiger partial charge < -0.3 is 9.59 Å². The number of hydrogen-bond acceptors (Lipinski definition) is 2. The van der Waals surface area contributed by atoms with Crippen LogP contribution in [0, 0.1) is 5.92 Å². The van der Waals surface area contributed by atoms with Crippen LogP contribution in [-0.4, -0.2) is 12.6 Å². The molecule has 2 heteroatoms. The van der Waals surface area contributed by atoms with E-state index in [4.69, 9.17) is 0 Å². The highest BCUT2D eigenvalue weighted by molar-refractivity contribution is 5.55. The molecule has 0 aliphatic rings. The Labute approximate surface area is 68.0 Å². The van der Waals surface area contributed by atoms with Gasteiger partial charge in [-0.25, -0.2) is 0 Å². The lowest BCUT2D eigenvalue weighted by Gasteiger charge is -2.05. The Balaban J connectivity index is 3.40. The maximum absolute atomic E-state index is 10.4. The number of aldehydes is 2. The van der Waals surface area contributed by atoms with E-state index >= 15 is 0 Å². The van der Waals surface area contributed by atoms with Crippen molar-refractivity contribution in [3.63, 3.8) is 0 Å². The van der Waals surface area contributed by atoms with Gasteiger partial charge in [-0.3, -0.25) is 0 Å². The first-order chi connectivity index (χ1) is 5.35. The molecule has 0 aliphatic carbocycles. The molecule has 0 spiro atoms. The second-order valence-electron chi connectivity index (χ2n) is 2.78. The van der Waals surface area contributed by atoms with E-state index in [0.717, 1.165) is 38.3 Å². The number of hydrogen-bond donors (Lipinski definition) is 0. The van der Waals surface area contributed by atoms with Crippen molar-refractivity contribution in [2.45, 2.75) is 39.0 Å². The maximum Gasteiger partial charge on any atom is 0.123 e. The number of carbonyl (C=O) groups excluding carboxylic acids is 2. The molecule has 0 aromatic heterocycles. The third kappa shape index (κ3) is 5.77. The number of unbranched alkanes of at least 4 members (excludes halogenated alkanes) is 1. The normalized spacial score (nSPS) is 12.5. The fourth-order valence-corrected chi connectivity index (χ4v) is 1.03. The van der Waals surface area contributed by atoms with Gasteiger partial charge in [0.05, 0.1) is 0 Å². The van der Waals surface area contributed by atoms with Crippen LogP contribution in [0.1, 0.15) is 39.0 Å². The van der Waals surface area contributed by atoms with E-state index in [-0.39, 0.29) is 5.92 Å². The maximum atomic E-state index is 10.4. The summed E-state index contributed by atoms with van der Waals surface area (Å²) in [5.41, 5.74) is 0. The van der Waals surface area contributed by atoms with Crippen LogP contribution in [0.25, 0.3) is 0 Å². The molecule has 0 saturated heterocycles. The molecule has 0 rings (SSSR count). The molecule has 11 heavy (non-hydrogen) atoms. The molecule has 64 valence electrons. The Morgan fingerprint density at radius 1 is 1.27 bits per heavy atom. The molecule has 0 aromatic carbocycles. The molecular formula is C9H16O2. The second kappa shape index (κ2) is 7.45. The molecule has 1 unspecified atom stereocenters. The summed E-state index contributed by atoms with van der Waals surface area (Å²) in [6.45, 7) is 2.10. The third-order valence-electron chi connectivity index (χ3n) is 1.78. The SMILES string of the molecule is CCCCC(C=O)CCC=O. The molecule has 1 atom stereocenters. The smallest absolute Gasteiger partial charge is 0.123 e. The molecule has 0 radical (unpaired) electrons. The summed E-state index contributed by atoms with van der Waals surface area (Å²) < 4.78 is 0. The fraction of sp³-hybridized carbons (Fsp3) is 0.778. The molecule has 0 aliphatic heterocycles. The van der Waals surface area contributed by atoms with Crippen LogP contribution in [0.2, 0.25) is 0 Å².